The van der Waals surface area contributed by atoms with E-state index in [2.05, 4.69) is 30.1 Å². The minimum atomic E-state index is -4.17. The first-order chi connectivity index (χ1) is 20.6. The van der Waals surface area contributed by atoms with Crippen LogP contribution in [0, 0.1) is 5.82 Å². The fraction of sp³-hybridized carbons (Fsp3) is 0.286. The average molecular weight is 630 g/mol. The van der Waals surface area contributed by atoms with Gasteiger partial charge in [-0.1, -0.05) is 36.4 Å². The highest BCUT2D eigenvalue weighted by Gasteiger charge is 2.32. The molecule has 1 aliphatic rings. The third kappa shape index (κ3) is 7.06. The SMILES string of the molecule is COC(=O)N[C@@H](C)CNc1nccc(-c2sc(-c3ccccc3)nc2-c2cccc(NS(=O)(=O)N3CC[C@H](F)C3)c2F)n1. The number of thiazole rings is 1. The second kappa shape index (κ2) is 13.0. The van der Waals surface area contributed by atoms with Gasteiger partial charge in [0.1, 0.15) is 11.2 Å². The van der Waals surface area contributed by atoms with E-state index in [4.69, 9.17) is 4.98 Å². The van der Waals surface area contributed by atoms with Gasteiger partial charge in [-0.3, -0.25) is 4.72 Å². The van der Waals surface area contributed by atoms with Gasteiger partial charge in [-0.15, -0.1) is 11.3 Å². The van der Waals surface area contributed by atoms with Gasteiger partial charge in [0.05, 0.1) is 29.1 Å². The maximum Gasteiger partial charge on any atom is 0.407 e. The molecule has 3 heterocycles. The van der Waals surface area contributed by atoms with E-state index in [1.807, 2.05) is 30.3 Å². The second-order valence-corrected chi connectivity index (χ2v) is 12.4. The van der Waals surface area contributed by atoms with Gasteiger partial charge >= 0.3 is 16.3 Å². The van der Waals surface area contributed by atoms with Crippen molar-refractivity contribution in [1.29, 1.82) is 0 Å². The van der Waals surface area contributed by atoms with Gasteiger partial charge in [-0.05, 0) is 31.5 Å². The summed E-state index contributed by atoms with van der Waals surface area (Å²) < 4.78 is 63.3. The molecule has 1 fully saturated rings. The van der Waals surface area contributed by atoms with Gasteiger partial charge in [0.25, 0.3) is 0 Å². The van der Waals surface area contributed by atoms with E-state index in [9.17, 15) is 17.6 Å². The number of anilines is 2. The zero-order valence-corrected chi connectivity index (χ0v) is 24.9. The first-order valence-corrected chi connectivity index (χ1v) is 15.6. The molecular formula is C28H29F2N7O4S2. The molecular weight excluding hydrogens is 600 g/mol. The van der Waals surface area contributed by atoms with Crippen LogP contribution in [0.15, 0.2) is 60.8 Å². The van der Waals surface area contributed by atoms with E-state index in [0.29, 0.717) is 22.1 Å². The van der Waals surface area contributed by atoms with Crippen LogP contribution >= 0.6 is 11.3 Å². The molecule has 1 amide bonds. The number of aromatic nitrogens is 3. The standard InChI is InChI=1S/C28H29F2N7O4S2/c1-17(33-28(38)41-2)15-32-27-31-13-11-22(34-27)25-24(35-26(42-25)18-7-4-3-5-8-18)20-9-6-10-21(23(20)30)36-43(39,40)37-14-12-19(29)16-37/h3-11,13,17,19,36H,12,14-16H2,1-2H3,(H,33,38)(H,31,32,34)/t17-,19-/m0/s1. The predicted molar refractivity (Wildman–Crippen MR) is 161 cm³/mol. The van der Waals surface area contributed by atoms with Crippen molar-refractivity contribution < 1.29 is 26.7 Å². The highest BCUT2D eigenvalue weighted by molar-refractivity contribution is 7.90. The molecule has 0 saturated carbocycles. The Hall–Kier alpha value is -4.21. The molecule has 226 valence electrons. The molecule has 1 saturated heterocycles. The summed E-state index contributed by atoms with van der Waals surface area (Å²) in [5.74, 6) is -0.557. The topological polar surface area (TPSA) is 138 Å². The van der Waals surface area contributed by atoms with Crippen molar-refractivity contribution in [2.45, 2.75) is 25.6 Å². The number of nitrogens with one attached hydrogen (secondary N) is 3. The Morgan fingerprint density at radius 1 is 1.16 bits per heavy atom. The van der Waals surface area contributed by atoms with Crippen LogP contribution in [0.1, 0.15) is 13.3 Å². The Labute approximate surface area is 251 Å². The Morgan fingerprint density at radius 2 is 1.95 bits per heavy atom. The number of carbonyl (C=O) groups excluding carboxylic acids is 1. The van der Waals surface area contributed by atoms with Crippen LogP contribution in [0.5, 0.6) is 0 Å². The van der Waals surface area contributed by atoms with Gasteiger partial charge in [-0.2, -0.15) is 12.7 Å². The van der Waals surface area contributed by atoms with Crippen molar-refractivity contribution in [3.05, 3.63) is 66.6 Å². The zero-order chi connectivity index (χ0) is 30.6. The summed E-state index contributed by atoms with van der Waals surface area (Å²) in [6.45, 7) is 1.82. The number of methoxy groups -OCH3 is 1. The molecule has 0 unspecified atom stereocenters. The number of ether oxygens (including phenoxy) is 1. The third-order valence-electron chi connectivity index (χ3n) is 6.58. The Kier molecular flexibility index (Phi) is 9.13. The molecule has 15 heteroatoms. The number of amides is 1. The largest absolute Gasteiger partial charge is 0.453 e. The summed E-state index contributed by atoms with van der Waals surface area (Å²) in [4.78, 5) is 25.6. The molecule has 2 aromatic heterocycles. The van der Waals surface area contributed by atoms with E-state index in [-0.39, 0.29) is 48.4 Å². The number of nitrogens with zero attached hydrogens (tertiary/aromatic N) is 4. The number of alkyl halides is 1. The lowest BCUT2D eigenvalue weighted by Gasteiger charge is -2.18. The van der Waals surface area contributed by atoms with Crippen LogP contribution in [0.4, 0.5) is 25.2 Å². The number of alkyl carbamates (subject to hydrolysis) is 1. The van der Waals surface area contributed by atoms with Crippen LogP contribution in [-0.2, 0) is 14.9 Å². The van der Waals surface area contributed by atoms with Crippen LogP contribution < -0.4 is 15.4 Å². The number of hydrogen-bond donors (Lipinski definition) is 3. The van der Waals surface area contributed by atoms with Crippen molar-refractivity contribution in [3.8, 4) is 32.4 Å². The third-order valence-corrected chi connectivity index (χ3v) is 9.19. The number of benzene rings is 2. The molecule has 43 heavy (non-hydrogen) atoms. The molecule has 11 nitrogen and oxygen atoms in total. The highest BCUT2D eigenvalue weighted by Crippen LogP contribution is 2.42. The van der Waals surface area contributed by atoms with E-state index >= 15 is 4.39 Å². The Bertz CT molecular complexity index is 1710. The van der Waals surface area contributed by atoms with Crippen molar-refractivity contribution in [2.75, 3.05) is 36.8 Å². The van der Waals surface area contributed by atoms with Crippen LogP contribution in [-0.4, -0.2) is 72.7 Å². The van der Waals surface area contributed by atoms with Crippen molar-refractivity contribution in [3.63, 3.8) is 0 Å². The normalized spacial score (nSPS) is 16.0. The summed E-state index contributed by atoms with van der Waals surface area (Å²) in [6.07, 6.45) is -0.194. The summed E-state index contributed by atoms with van der Waals surface area (Å²) in [7, 11) is -2.90. The minimum absolute atomic E-state index is 0.0100. The van der Waals surface area contributed by atoms with Crippen molar-refractivity contribution in [1.82, 2.24) is 24.6 Å². The fourth-order valence-corrected chi connectivity index (χ4v) is 6.73. The Morgan fingerprint density at radius 3 is 2.67 bits per heavy atom. The van der Waals surface area contributed by atoms with E-state index in [0.717, 1.165) is 9.87 Å². The quantitative estimate of drug-likeness (QED) is 0.225. The number of halogens is 2. The number of rotatable bonds is 10. The highest BCUT2D eigenvalue weighted by atomic mass is 32.2. The lowest BCUT2D eigenvalue weighted by Crippen LogP contribution is -2.37. The van der Waals surface area contributed by atoms with E-state index in [1.165, 1.54) is 36.6 Å². The van der Waals surface area contributed by atoms with E-state index in [1.54, 1.807) is 19.2 Å². The summed E-state index contributed by atoms with van der Waals surface area (Å²) in [5.41, 5.74) is 1.30. The molecule has 0 aliphatic carbocycles. The minimum Gasteiger partial charge on any atom is -0.453 e. The summed E-state index contributed by atoms with van der Waals surface area (Å²) >= 11 is 1.30. The van der Waals surface area contributed by atoms with Gasteiger partial charge in [-0.25, -0.2) is 28.5 Å². The molecule has 4 aromatic rings. The molecule has 3 N–H and O–H groups in total. The maximum absolute atomic E-state index is 16.0. The van der Waals surface area contributed by atoms with Crippen LogP contribution in [0.3, 0.4) is 0 Å². The maximum atomic E-state index is 16.0. The molecule has 5 rings (SSSR count). The van der Waals surface area contributed by atoms with Crippen molar-refractivity contribution >= 4 is 39.3 Å². The predicted octanol–water partition coefficient (Wildman–Crippen LogP) is 4.93. The lowest BCUT2D eigenvalue weighted by molar-refractivity contribution is 0.168. The smallest absolute Gasteiger partial charge is 0.407 e. The number of carbonyl (C=O) groups is 1. The molecule has 1 aliphatic heterocycles. The zero-order valence-electron chi connectivity index (χ0n) is 23.3. The van der Waals surface area contributed by atoms with Crippen LogP contribution in [0.25, 0.3) is 32.4 Å². The van der Waals surface area contributed by atoms with Crippen LogP contribution in [0.2, 0.25) is 0 Å². The second-order valence-electron chi connectivity index (χ2n) is 9.76. The summed E-state index contributed by atoms with van der Waals surface area (Å²) in [6, 6.07) is 15.1. The lowest BCUT2D eigenvalue weighted by atomic mass is 10.1. The fourth-order valence-electron chi connectivity index (χ4n) is 4.41. The van der Waals surface area contributed by atoms with E-state index < -0.39 is 28.3 Å². The average Bonchev–Trinajstić information content (AvgIpc) is 3.65. The van der Waals surface area contributed by atoms with Gasteiger partial charge in [0.2, 0.25) is 5.95 Å². The van der Waals surface area contributed by atoms with Gasteiger partial charge < -0.3 is 15.4 Å². The molecule has 0 radical (unpaired) electrons. The number of hydrogen-bond acceptors (Lipinski definition) is 9. The first kappa shape index (κ1) is 30.3. The Balaban J connectivity index is 1.50. The van der Waals surface area contributed by atoms with Gasteiger partial charge in [0.15, 0.2) is 5.82 Å². The first-order valence-electron chi connectivity index (χ1n) is 13.3. The molecule has 0 spiro atoms. The van der Waals surface area contributed by atoms with Gasteiger partial charge in [0, 0.05) is 43.0 Å². The molecule has 2 aromatic carbocycles. The monoisotopic (exact) mass is 629 g/mol. The van der Waals surface area contributed by atoms with Crippen molar-refractivity contribution in [2.24, 2.45) is 0 Å². The molecule has 0 bridgehead atoms. The molecule has 2 atom stereocenters. The summed E-state index contributed by atoms with van der Waals surface area (Å²) in [5, 5.41) is 6.32.